The van der Waals surface area contributed by atoms with Gasteiger partial charge in [0.15, 0.2) is 5.76 Å². The molecule has 24 heavy (non-hydrogen) atoms. The second-order valence-electron chi connectivity index (χ2n) is 5.95. The number of rotatable bonds is 5. The van der Waals surface area contributed by atoms with Crippen LogP contribution in [0.2, 0.25) is 0 Å². The summed E-state index contributed by atoms with van der Waals surface area (Å²) in [4.78, 5) is 20.4. The summed E-state index contributed by atoms with van der Waals surface area (Å²) in [6.07, 6.45) is 1.78. The minimum Gasteiger partial charge on any atom is -0.439 e. The number of carbonyl (C=O) groups is 1. The van der Waals surface area contributed by atoms with Gasteiger partial charge in [-0.2, -0.15) is 0 Å². The van der Waals surface area contributed by atoms with Gasteiger partial charge < -0.3 is 14.1 Å². The van der Waals surface area contributed by atoms with E-state index in [2.05, 4.69) is 16.8 Å². The number of aromatic nitrogens is 1. The molecule has 0 aliphatic carbocycles. The Kier molecular flexibility index (Phi) is 5.27. The van der Waals surface area contributed by atoms with Crippen LogP contribution in [-0.2, 0) is 9.53 Å². The number of amides is 1. The monoisotopic (exact) mass is 329 g/mol. The molecule has 128 valence electrons. The zero-order valence-corrected chi connectivity index (χ0v) is 14.1. The molecule has 1 aliphatic heterocycles. The fraction of sp³-hybridized carbons (Fsp3) is 0.444. The molecular weight excluding hydrogens is 306 g/mol. The molecule has 2 aromatic rings. The van der Waals surface area contributed by atoms with E-state index in [0.29, 0.717) is 19.0 Å². The van der Waals surface area contributed by atoms with E-state index in [1.807, 2.05) is 35.2 Å². The van der Waals surface area contributed by atoms with Crippen LogP contribution in [0.15, 0.2) is 40.9 Å². The van der Waals surface area contributed by atoms with E-state index in [4.69, 9.17) is 9.15 Å². The number of ether oxygens (including phenoxy) is 1. The van der Waals surface area contributed by atoms with Crippen molar-refractivity contribution in [3.05, 3.63) is 42.4 Å². The molecule has 3 rings (SSSR count). The van der Waals surface area contributed by atoms with Gasteiger partial charge in [-0.3, -0.25) is 9.69 Å². The lowest BCUT2D eigenvalue weighted by molar-refractivity contribution is -0.137. The van der Waals surface area contributed by atoms with Crippen LogP contribution in [-0.4, -0.2) is 60.6 Å². The molecule has 0 saturated carbocycles. The molecular formula is C18H23N3O3. The number of hydrogen-bond donors (Lipinski definition) is 0. The summed E-state index contributed by atoms with van der Waals surface area (Å²) in [7, 11) is 1.54. The quantitative estimate of drug-likeness (QED) is 0.841. The molecule has 1 saturated heterocycles. The zero-order chi connectivity index (χ0) is 16.9. The van der Waals surface area contributed by atoms with Gasteiger partial charge >= 0.3 is 0 Å². The van der Waals surface area contributed by atoms with Crippen molar-refractivity contribution >= 4 is 5.91 Å². The second kappa shape index (κ2) is 7.59. The molecule has 0 bridgehead atoms. The molecule has 1 fully saturated rings. The number of methoxy groups -OCH3 is 1. The van der Waals surface area contributed by atoms with Crippen molar-refractivity contribution in [3.8, 4) is 11.3 Å². The van der Waals surface area contributed by atoms with Gasteiger partial charge in [0.05, 0.1) is 12.2 Å². The summed E-state index contributed by atoms with van der Waals surface area (Å²) in [5.74, 6) is 1.55. The molecule has 0 spiro atoms. The first-order chi connectivity index (χ1) is 11.7. The number of carbonyl (C=O) groups excluding carboxylic acids is 1. The highest BCUT2D eigenvalue weighted by Crippen LogP contribution is 2.26. The average Bonchev–Trinajstić information content (AvgIpc) is 3.12. The summed E-state index contributed by atoms with van der Waals surface area (Å²) in [5.41, 5.74) is 1.03. The summed E-state index contributed by atoms with van der Waals surface area (Å²) >= 11 is 0. The van der Waals surface area contributed by atoms with E-state index in [9.17, 15) is 4.79 Å². The van der Waals surface area contributed by atoms with E-state index in [1.165, 1.54) is 0 Å². The van der Waals surface area contributed by atoms with Crippen molar-refractivity contribution < 1.29 is 13.9 Å². The highest BCUT2D eigenvalue weighted by molar-refractivity contribution is 5.77. The maximum absolute atomic E-state index is 11.9. The maximum atomic E-state index is 11.9. The van der Waals surface area contributed by atoms with E-state index in [0.717, 1.165) is 24.4 Å². The maximum Gasteiger partial charge on any atom is 0.248 e. The third-order valence-electron chi connectivity index (χ3n) is 4.42. The summed E-state index contributed by atoms with van der Waals surface area (Å²) in [6.45, 7) is 5.26. The van der Waals surface area contributed by atoms with Gasteiger partial charge in [0.1, 0.15) is 6.61 Å². The molecule has 1 aromatic heterocycles. The van der Waals surface area contributed by atoms with Crippen molar-refractivity contribution in [1.82, 2.24) is 14.8 Å². The topological polar surface area (TPSA) is 58.8 Å². The standard InChI is InChI=1S/C18H23N3O3/c1-14(20-8-10-21(11-9-20)17(22)13-23-2)18-19-12-16(24-18)15-6-4-3-5-7-15/h3-7,12,14H,8-11,13H2,1-2H3/t14-/m1/s1. The Labute approximate surface area is 142 Å². The molecule has 1 amide bonds. The number of nitrogens with zero attached hydrogens (tertiary/aromatic N) is 3. The third-order valence-corrected chi connectivity index (χ3v) is 4.42. The van der Waals surface area contributed by atoms with Crippen LogP contribution in [0, 0.1) is 0 Å². The predicted octanol–water partition coefficient (Wildman–Crippen LogP) is 2.19. The van der Waals surface area contributed by atoms with Gasteiger partial charge in [-0.25, -0.2) is 4.98 Å². The Morgan fingerprint density at radius 1 is 1.25 bits per heavy atom. The van der Waals surface area contributed by atoms with E-state index in [1.54, 1.807) is 13.3 Å². The molecule has 1 aromatic carbocycles. The van der Waals surface area contributed by atoms with Crippen LogP contribution in [0.3, 0.4) is 0 Å². The number of oxazole rings is 1. The highest BCUT2D eigenvalue weighted by atomic mass is 16.5. The lowest BCUT2D eigenvalue weighted by Gasteiger charge is -2.36. The molecule has 0 unspecified atom stereocenters. The van der Waals surface area contributed by atoms with Gasteiger partial charge in [-0.05, 0) is 6.92 Å². The molecule has 1 aliphatic rings. The van der Waals surface area contributed by atoms with Crippen LogP contribution in [0.5, 0.6) is 0 Å². The van der Waals surface area contributed by atoms with Crippen molar-refractivity contribution in [2.24, 2.45) is 0 Å². The largest absolute Gasteiger partial charge is 0.439 e. The van der Waals surface area contributed by atoms with Crippen LogP contribution in [0.25, 0.3) is 11.3 Å². The van der Waals surface area contributed by atoms with E-state index < -0.39 is 0 Å². The van der Waals surface area contributed by atoms with Gasteiger partial charge in [-0.15, -0.1) is 0 Å². The highest BCUT2D eigenvalue weighted by Gasteiger charge is 2.27. The Hall–Kier alpha value is -2.18. The van der Waals surface area contributed by atoms with Crippen LogP contribution in [0.4, 0.5) is 0 Å². The van der Waals surface area contributed by atoms with E-state index in [-0.39, 0.29) is 18.6 Å². The fourth-order valence-electron chi connectivity index (χ4n) is 2.95. The first-order valence-corrected chi connectivity index (χ1v) is 8.21. The first-order valence-electron chi connectivity index (χ1n) is 8.21. The van der Waals surface area contributed by atoms with Gasteiger partial charge in [0.2, 0.25) is 11.8 Å². The average molecular weight is 329 g/mol. The van der Waals surface area contributed by atoms with Gasteiger partial charge in [-0.1, -0.05) is 30.3 Å². The lowest BCUT2D eigenvalue weighted by Crippen LogP contribution is -2.50. The lowest BCUT2D eigenvalue weighted by atomic mass is 10.2. The minimum atomic E-state index is 0.0484. The van der Waals surface area contributed by atoms with Crippen LogP contribution < -0.4 is 0 Å². The van der Waals surface area contributed by atoms with Crippen molar-refractivity contribution in [2.75, 3.05) is 39.9 Å². The molecule has 0 radical (unpaired) electrons. The van der Waals surface area contributed by atoms with Crippen LogP contribution in [0.1, 0.15) is 18.9 Å². The Bertz CT molecular complexity index is 663. The smallest absolute Gasteiger partial charge is 0.248 e. The SMILES string of the molecule is COCC(=O)N1CCN([C@H](C)c2ncc(-c3ccccc3)o2)CC1. The first kappa shape index (κ1) is 16.7. The molecule has 0 N–H and O–H groups in total. The summed E-state index contributed by atoms with van der Waals surface area (Å²) < 4.78 is 10.9. The molecule has 6 nitrogen and oxygen atoms in total. The van der Waals surface area contributed by atoms with Crippen molar-refractivity contribution in [2.45, 2.75) is 13.0 Å². The number of hydrogen-bond acceptors (Lipinski definition) is 5. The fourth-order valence-corrected chi connectivity index (χ4v) is 2.95. The Morgan fingerprint density at radius 2 is 1.96 bits per heavy atom. The van der Waals surface area contributed by atoms with Crippen molar-refractivity contribution in [1.29, 1.82) is 0 Å². The van der Waals surface area contributed by atoms with Gasteiger partial charge in [0.25, 0.3) is 0 Å². The van der Waals surface area contributed by atoms with Crippen LogP contribution >= 0.6 is 0 Å². The van der Waals surface area contributed by atoms with E-state index >= 15 is 0 Å². The minimum absolute atomic E-state index is 0.0484. The van der Waals surface area contributed by atoms with Gasteiger partial charge in [0, 0.05) is 38.9 Å². The number of benzene rings is 1. The second-order valence-corrected chi connectivity index (χ2v) is 5.95. The summed E-state index contributed by atoms with van der Waals surface area (Å²) in [6, 6.07) is 10.1. The normalized spacial score (nSPS) is 17.0. The molecule has 1 atom stereocenters. The molecule has 6 heteroatoms. The Balaban J connectivity index is 1.61. The molecule has 2 heterocycles. The summed E-state index contributed by atoms with van der Waals surface area (Å²) in [5, 5.41) is 0. The number of piperazine rings is 1. The zero-order valence-electron chi connectivity index (χ0n) is 14.1. The Morgan fingerprint density at radius 3 is 2.62 bits per heavy atom. The predicted molar refractivity (Wildman–Crippen MR) is 90.4 cm³/mol. The third kappa shape index (κ3) is 3.66. The van der Waals surface area contributed by atoms with Crippen molar-refractivity contribution in [3.63, 3.8) is 0 Å².